The fraction of sp³-hybridized carbons (Fsp3) is 0.250. The van der Waals surface area contributed by atoms with Gasteiger partial charge < -0.3 is 9.72 Å². The van der Waals surface area contributed by atoms with Gasteiger partial charge in [-0.25, -0.2) is 13.6 Å². The van der Waals surface area contributed by atoms with Gasteiger partial charge in [-0.05, 0) is 26.0 Å². The van der Waals surface area contributed by atoms with Crippen LogP contribution in [0.4, 0.5) is 8.78 Å². The van der Waals surface area contributed by atoms with Crippen LogP contribution >= 0.6 is 0 Å². The second kappa shape index (κ2) is 4.16. The summed E-state index contributed by atoms with van der Waals surface area (Å²) in [5.74, 6) is -2.44. The van der Waals surface area contributed by atoms with Crippen molar-refractivity contribution in [2.24, 2.45) is 0 Å². The average Bonchev–Trinajstić information content (AvgIpc) is 2.60. The number of aromatic nitrogens is 1. The molecule has 0 unspecified atom stereocenters. The van der Waals surface area contributed by atoms with E-state index in [1.165, 1.54) is 6.07 Å². The van der Waals surface area contributed by atoms with Crippen molar-refractivity contribution in [1.82, 2.24) is 4.98 Å². The van der Waals surface area contributed by atoms with Crippen molar-refractivity contribution in [2.75, 3.05) is 0 Å². The van der Waals surface area contributed by atoms with Gasteiger partial charge in [-0.3, -0.25) is 0 Å². The summed E-state index contributed by atoms with van der Waals surface area (Å²) in [5.41, 5.74) is 0.540. The van der Waals surface area contributed by atoms with Crippen LogP contribution in [0.5, 0.6) is 0 Å². The van der Waals surface area contributed by atoms with Crippen LogP contribution in [0, 0.1) is 11.6 Å². The number of H-pyrrole nitrogens is 1. The number of nitrogens with one attached hydrogen (secondary N) is 1. The van der Waals surface area contributed by atoms with Crippen LogP contribution in [0.25, 0.3) is 10.9 Å². The number of hydrogen-bond donors (Lipinski definition) is 1. The first-order valence-corrected chi connectivity index (χ1v) is 5.16. The normalized spacial score (nSPS) is 11.1. The molecule has 0 fully saturated rings. The van der Waals surface area contributed by atoms with Gasteiger partial charge in [-0.2, -0.15) is 0 Å². The molecule has 17 heavy (non-hydrogen) atoms. The first-order valence-electron chi connectivity index (χ1n) is 5.16. The number of fused-ring (bicyclic) bond motifs is 1. The summed E-state index contributed by atoms with van der Waals surface area (Å²) < 4.78 is 30.9. The van der Waals surface area contributed by atoms with E-state index in [4.69, 9.17) is 4.74 Å². The molecule has 5 heteroatoms. The highest BCUT2D eigenvalue weighted by Crippen LogP contribution is 2.19. The lowest BCUT2D eigenvalue weighted by Crippen LogP contribution is -2.11. The molecule has 0 amide bonds. The molecule has 1 aromatic carbocycles. The Morgan fingerprint density at radius 1 is 1.24 bits per heavy atom. The fourth-order valence-electron chi connectivity index (χ4n) is 1.51. The maximum Gasteiger partial charge on any atom is 0.355 e. The van der Waals surface area contributed by atoms with Gasteiger partial charge in [-0.15, -0.1) is 0 Å². The Labute approximate surface area is 96.4 Å². The molecule has 2 rings (SSSR count). The van der Waals surface area contributed by atoms with E-state index >= 15 is 0 Å². The number of carbonyl (C=O) groups is 1. The molecule has 90 valence electrons. The molecule has 3 nitrogen and oxygen atoms in total. The smallest absolute Gasteiger partial charge is 0.355 e. The van der Waals surface area contributed by atoms with Gasteiger partial charge in [0.2, 0.25) is 0 Å². The minimum Gasteiger partial charge on any atom is -0.458 e. The minimum atomic E-state index is -0.955. The number of ether oxygens (including phenoxy) is 1. The molecule has 0 saturated heterocycles. The molecule has 1 N–H and O–H groups in total. The fourth-order valence-corrected chi connectivity index (χ4v) is 1.51. The molecule has 0 aliphatic rings. The van der Waals surface area contributed by atoms with Crippen molar-refractivity contribution in [3.05, 3.63) is 35.5 Å². The molecule has 0 atom stereocenters. The summed E-state index contributed by atoms with van der Waals surface area (Å²) in [7, 11) is 0. The Bertz CT molecular complexity index is 536. The van der Waals surface area contributed by atoms with E-state index in [2.05, 4.69) is 4.98 Å². The van der Waals surface area contributed by atoms with Crippen molar-refractivity contribution in [3.63, 3.8) is 0 Å². The first kappa shape index (κ1) is 11.6. The molecular formula is C12H11F2NO2. The van der Waals surface area contributed by atoms with Gasteiger partial charge in [0.15, 0.2) is 11.6 Å². The van der Waals surface area contributed by atoms with E-state index in [9.17, 15) is 13.6 Å². The predicted molar refractivity (Wildman–Crippen MR) is 58.8 cm³/mol. The van der Waals surface area contributed by atoms with Gasteiger partial charge in [0.1, 0.15) is 5.69 Å². The third-order valence-corrected chi connectivity index (χ3v) is 2.22. The Kier molecular flexibility index (Phi) is 2.83. The van der Waals surface area contributed by atoms with Crippen LogP contribution in [0.15, 0.2) is 18.2 Å². The SMILES string of the molecule is CC(C)OC(=O)c1cc2cc(F)c(F)cc2[nH]1. The summed E-state index contributed by atoms with van der Waals surface area (Å²) in [6.45, 7) is 3.44. The van der Waals surface area contributed by atoms with Crippen LogP contribution in [-0.2, 0) is 4.74 Å². The van der Waals surface area contributed by atoms with E-state index < -0.39 is 17.6 Å². The molecule has 2 aromatic rings. The molecule has 0 aliphatic heterocycles. The third kappa shape index (κ3) is 2.27. The van der Waals surface area contributed by atoms with Crippen molar-refractivity contribution in [3.8, 4) is 0 Å². The molecule has 0 radical (unpaired) electrons. The number of carbonyl (C=O) groups excluding carboxylic acids is 1. The lowest BCUT2D eigenvalue weighted by Gasteiger charge is -2.05. The van der Waals surface area contributed by atoms with E-state index in [0.29, 0.717) is 10.9 Å². The Morgan fingerprint density at radius 2 is 1.88 bits per heavy atom. The zero-order valence-electron chi connectivity index (χ0n) is 9.38. The largest absolute Gasteiger partial charge is 0.458 e. The molecule has 0 saturated carbocycles. The molecule has 0 spiro atoms. The van der Waals surface area contributed by atoms with Crippen molar-refractivity contribution in [1.29, 1.82) is 0 Å². The summed E-state index contributed by atoms with van der Waals surface area (Å²) in [6, 6.07) is 3.48. The number of esters is 1. The Morgan fingerprint density at radius 3 is 2.53 bits per heavy atom. The minimum absolute atomic E-state index is 0.179. The van der Waals surface area contributed by atoms with Gasteiger partial charge in [-0.1, -0.05) is 0 Å². The maximum absolute atomic E-state index is 13.0. The summed E-state index contributed by atoms with van der Waals surface area (Å²) in [5, 5.41) is 0.430. The van der Waals surface area contributed by atoms with Gasteiger partial charge in [0, 0.05) is 17.0 Å². The highest BCUT2D eigenvalue weighted by Gasteiger charge is 2.14. The number of benzene rings is 1. The highest BCUT2D eigenvalue weighted by molar-refractivity contribution is 5.94. The van der Waals surface area contributed by atoms with Crippen LogP contribution in [0.1, 0.15) is 24.3 Å². The van der Waals surface area contributed by atoms with Crippen LogP contribution in [0.3, 0.4) is 0 Å². The molecule has 1 aromatic heterocycles. The van der Waals surface area contributed by atoms with Crippen molar-refractivity contribution >= 4 is 16.9 Å². The van der Waals surface area contributed by atoms with E-state index in [1.807, 2.05) is 0 Å². The zero-order chi connectivity index (χ0) is 12.6. The van der Waals surface area contributed by atoms with Crippen molar-refractivity contribution < 1.29 is 18.3 Å². The van der Waals surface area contributed by atoms with E-state index in [1.54, 1.807) is 13.8 Å². The predicted octanol–water partition coefficient (Wildman–Crippen LogP) is 3.01. The summed E-state index contributed by atoms with van der Waals surface area (Å²) in [4.78, 5) is 14.2. The highest BCUT2D eigenvalue weighted by atomic mass is 19.2. The van der Waals surface area contributed by atoms with Crippen molar-refractivity contribution in [2.45, 2.75) is 20.0 Å². The van der Waals surface area contributed by atoms with Crippen LogP contribution in [0.2, 0.25) is 0 Å². The number of aromatic amines is 1. The monoisotopic (exact) mass is 239 g/mol. The second-order valence-corrected chi connectivity index (χ2v) is 3.99. The number of rotatable bonds is 2. The third-order valence-electron chi connectivity index (χ3n) is 2.22. The van der Waals surface area contributed by atoms with Gasteiger partial charge in [0.25, 0.3) is 0 Å². The average molecular weight is 239 g/mol. The molecule has 0 aliphatic carbocycles. The topological polar surface area (TPSA) is 42.1 Å². The first-order chi connectivity index (χ1) is 7.97. The van der Waals surface area contributed by atoms with Gasteiger partial charge >= 0.3 is 5.97 Å². The Hall–Kier alpha value is -1.91. The quantitative estimate of drug-likeness (QED) is 0.818. The Balaban J connectivity index is 2.41. The lowest BCUT2D eigenvalue weighted by molar-refractivity contribution is 0.0372. The lowest BCUT2D eigenvalue weighted by atomic mass is 10.2. The number of halogens is 2. The molecule has 0 bridgehead atoms. The molecule has 1 heterocycles. The zero-order valence-corrected chi connectivity index (χ0v) is 9.38. The van der Waals surface area contributed by atoms with Crippen LogP contribution < -0.4 is 0 Å². The summed E-state index contributed by atoms with van der Waals surface area (Å²) >= 11 is 0. The maximum atomic E-state index is 13.0. The number of hydrogen-bond acceptors (Lipinski definition) is 2. The standard InChI is InChI=1S/C12H11F2NO2/c1-6(2)17-12(16)11-4-7-3-8(13)9(14)5-10(7)15-11/h3-6,15H,1-2H3. The van der Waals surface area contributed by atoms with Crippen LogP contribution in [-0.4, -0.2) is 17.1 Å². The summed E-state index contributed by atoms with van der Waals surface area (Å²) in [6.07, 6.45) is -0.248. The molecular weight excluding hydrogens is 228 g/mol. The second-order valence-electron chi connectivity index (χ2n) is 3.99. The van der Waals surface area contributed by atoms with E-state index in [-0.39, 0.29) is 11.8 Å². The van der Waals surface area contributed by atoms with E-state index in [0.717, 1.165) is 12.1 Å². The van der Waals surface area contributed by atoms with Gasteiger partial charge in [0.05, 0.1) is 6.10 Å².